The van der Waals surface area contributed by atoms with Gasteiger partial charge in [-0.15, -0.1) is 13.2 Å². The molecular weight excluding hydrogens is 269 g/mol. The molecule has 0 aliphatic carbocycles. The fourth-order valence-corrected chi connectivity index (χ4v) is 2.49. The van der Waals surface area contributed by atoms with E-state index in [2.05, 4.69) is 21.9 Å². The molecule has 2 unspecified atom stereocenters. The third kappa shape index (κ3) is 3.86. The van der Waals surface area contributed by atoms with Crippen molar-refractivity contribution < 1.29 is 17.9 Å². The number of hydrogen-bond donors (Lipinski definition) is 1. The zero-order valence-corrected chi connectivity index (χ0v) is 11.6. The van der Waals surface area contributed by atoms with Gasteiger partial charge >= 0.3 is 6.36 Å². The van der Waals surface area contributed by atoms with Gasteiger partial charge in [0.15, 0.2) is 0 Å². The van der Waals surface area contributed by atoms with Crippen LogP contribution in [0.2, 0.25) is 0 Å². The van der Waals surface area contributed by atoms with Gasteiger partial charge in [0.25, 0.3) is 0 Å². The average Bonchev–Trinajstić information content (AvgIpc) is 2.90. The Morgan fingerprint density at radius 3 is 2.45 bits per heavy atom. The fourth-order valence-electron chi connectivity index (χ4n) is 2.49. The molecule has 2 rings (SSSR count). The van der Waals surface area contributed by atoms with E-state index in [1.165, 1.54) is 12.1 Å². The van der Waals surface area contributed by atoms with E-state index in [-0.39, 0.29) is 11.8 Å². The van der Waals surface area contributed by atoms with Crippen molar-refractivity contribution in [1.82, 2.24) is 10.2 Å². The predicted octanol–water partition coefficient (Wildman–Crippen LogP) is 2.94. The van der Waals surface area contributed by atoms with Crippen LogP contribution in [0.15, 0.2) is 24.3 Å². The lowest BCUT2D eigenvalue weighted by atomic mass is 10.0. The smallest absolute Gasteiger partial charge is 0.406 e. The molecule has 0 amide bonds. The first-order valence-electron chi connectivity index (χ1n) is 6.65. The van der Waals surface area contributed by atoms with E-state index in [4.69, 9.17) is 0 Å². The van der Waals surface area contributed by atoms with Crippen LogP contribution in [0.4, 0.5) is 13.2 Å². The molecule has 1 N–H and O–H groups in total. The van der Waals surface area contributed by atoms with Gasteiger partial charge in [-0.3, -0.25) is 4.90 Å². The fraction of sp³-hybridized carbons (Fsp3) is 0.571. The number of likely N-dealkylation sites (N-methyl/N-ethyl adjacent to an activating group) is 1. The minimum absolute atomic E-state index is 0.153. The van der Waals surface area contributed by atoms with Crippen LogP contribution in [-0.4, -0.2) is 37.4 Å². The summed E-state index contributed by atoms with van der Waals surface area (Å²) < 4.78 is 40.2. The zero-order valence-electron chi connectivity index (χ0n) is 11.6. The number of halogens is 3. The van der Waals surface area contributed by atoms with Crippen LogP contribution in [0.25, 0.3) is 0 Å². The van der Waals surface area contributed by atoms with E-state index in [1.807, 2.05) is 7.05 Å². The van der Waals surface area contributed by atoms with E-state index < -0.39 is 6.36 Å². The molecule has 1 aliphatic heterocycles. The van der Waals surface area contributed by atoms with Crippen molar-refractivity contribution in [3.8, 4) is 5.75 Å². The Kier molecular flexibility index (Phi) is 4.55. The monoisotopic (exact) mass is 288 g/mol. The molecule has 1 fully saturated rings. The highest BCUT2D eigenvalue weighted by Crippen LogP contribution is 2.27. The Morgan fingerprint density at radius 2 is 1.95 bits per heavy atom. The first-order chi connectivity index (χ1) is 9.37. The molecule has 1 aromatic rings. The third-order valence-electron chi connectivity index (χ3n) is 3.82. The van der Waals surface area contributed by atoms with Gasteiger partial charge in [-0.05, 0) is 44.6 Å². The lowest BCUT2D eigenvalue weighted by Gasteiger charge is -2.30. The molecule has 1 aromatic carbocycles. The number of rotatable bonds is 4. The first kappa shape index (κ1) is 15.1. The Labute approximate surface area is 116 Å². The molecule has 2 atom stereocenters. The average molecular weight is 288 g/mol. The molecule has 1 aliphatic rings. The molecule has 0 spiro atoms. The van der Waals surface area contributed by atoms with E-state index in [1.54, 1.807) is 12.1 Å². The van der Waals surface area contributed by atoms with Gasteiger partial charge in [-0.25, -0.2) is 0 Å². The highest BCUT2D eigenvalue weighted by molar-refractivity contribution is 5.29. The molecule has 112 valence electrons. The number of hydrogen-bond acceptors (Lipinski definition) is 3. The lowest BCUT2D eigenvalue weighted by Crippen LogP contribution is -2.35. The second-order valence-corrected chi connectivity index (χ2v) is 5.10. The van der Waals surface area contributed by atoms with Crippen molar-refractivity contribution >= 4 is 0 Å². The zero-order chi connectivity index (χ0) is 14.8. The summed E-state index contributed by atoms with van der Waals surface area (Å²) in [6.45, 7) is 4.02. The minimum atomic E-state index is -4.64. The van der Waals surface area contributed by atoms with Crippen molar-refractivity contribution in [3.63, 3.8) is 0 Å². The van der Waals surface area contributed by atoms with Crippen molar-refractivity contribution in [2.45, 2.75) is 31.8 Å². The standard InChI is InChI=1S/C14H19F3N2O/c1-10(19(2)12-7-8-18-9-12)11-3-5-13(6-4-11)20-14(15,16)17/h3-6,10,12,18H,7-9H2,1-2H3. The summed E-state index contributed by atoms with van der Waals surface area (Å²) in [4.78, 5) is 2.25. The van der Waals surface area contributed by atoms with Crippen molar-refractivity contribution in [3.05, 3.63) is 29.8 Å². The molecular formula is C14H19F3N2O. The van der Waals surface area contributed by atoms with Crippen LogP contribution in [0.1, 0.15) is 24.9 Å². The van der Waals surface area contributed by atoms with Gasteiger partial charge in [0, 0.05) is 18.6 Å². The van der Waals surface area contributed by atoms with Crippen LogP contribution >= 0.6 is 0 Å². The quantitative estimate of drug-likeness (QED) is 0.922. The van der Waals surface area contributed by atoms with Gasteiger partial charge in [-0.1, -0.05) is 12.1 Å². The predicted molar refractivity (Wildman–Crippen MR) is 70.6 cm³/mol. The molecule has 6 heteroatoms. The van der Waals surface area contributed by atoms with Crippen molar-refractivity contribution in [2.24, 2.45) is 0 Å². The lowest BCUT2D eigenvalue weighted by molar-refractivity contribution is -0.274. The summed E-state index contributed by atoms with van der Waals surface area (Å²) in [6.07, 6.45) is -3.55. The maximum atomic E-state index is 12.1. The Balaban J connectivity index is 2.01. The van der Waals surface area contributed by atoms with Gasteiger partial charge in [-0.2, -0.15) is 0 Å². The van der Waals surface area contributed by atoms with E-state index in [0.717, 1.165) is 25.1 Å². The largest absolute Gasteiger partial charge is 0.573 e. The van der Waals surface area contributed by atoms with E-state index in [0.29, 0.717) is 6.04 Å². The van der Waals surface area contributed by atoms with Crippen molar-refractivity contribution in [2.75, 3.05) is 20.1 Å². The molecule has 0 radical (unpaired) electrons. The molecule has 0 saturated carbocycles. The summed E-state index contributed by atoms with van der Waals surface area (Å²) >= 11 is 0. The molecule has 3 nitrogen and oxygen atoms in total. The van der Waals surface area contributed by atoms with Gasteiger partial charge < -0.3 is 10.1 Å². The first-order valence-corrected chi connectivity index (χ1v) is 6.65. The topological polar surface area (TPSA) is 24.5 Å². The summed E-state index contributed by atoms with van der Waals surface area (Å²) in [5.74, 6) is -0.182. The molecule has 0 bridgehead atoms. The van der Waals surface area contributed by atoms with E-state index >= 15 is 0 Å². The summed E-state index contributed by atoms with van der Waals surface area (Å²) in [6, 6.07) is 6.71. The number of nitrogens with one attached hydrogen (secondary N) is 1. The Bertz CT molecular complexity index is 427. The summed E-state index contributed by atoms with van der Waals surface area (Å²) in [5, 5.41) is 3.31. The number of nitrogens with zero attached hydrogens (tertiary/aromatic N) is 1. The highest BCUT2D eigenvalue weighted by Gasteiger charge is 2.31. The Morgan fingerprint density at radius 1 is 1.30 bits per heavy atom. The van der Waals surface area contributed by atoms with E-state index in [9.17, 15) is 13.2 Å². The van der Waals surface area contributed by atoms with Crippen LogP contribution < -0.4 is 10.1 Å². The summed E-state index contributed by atoms with van der Waals surface area (Å²) in [5.41, 5.74) is 0.980. The number of benzene rings is 1. The minimum Gasteiger partial charge on any atom is -0.406 e. The molecule has 1 heterocycles. The normalized spacial score (nSPS) is 21.2. The maximum Gasteiger partial charge on any atom is 0.573 e. The number of alkyl halides is 3. The van der Waals surface area contributed by atoms with Crippen LogP contribution in [-0.2, 0) is 0 Å². The maximum absolute atomic E-state index is 12.1. The third-order valence-corrected chi connectivity index (χ3v) is 3.82. The van der Waals surface area contributed by atoms with Crippen LogP contribution in [0, 0.1) is 0 Å². The molecule has 20 heavy (non-hydrogen) atoms. The summed E-state index contributed by atoms with van der Waals surface area (Å²) in [7, 11) is 2.04. The van der Waals surface area contributed by atoms with Crippen LogP contribution in [0.5, 0.6) is 5.75 Å². The highest BCUT2D eigenvalue weighted by atomic mass is 19.4. The SMILES string of the molecule is CC(c1ccc(OC(F)(F)F)cc1)N(C)C1CCNC1. The molecule has 1 saturated heterocycles. The second kappa shape index (κ2) is 6.01. The molecule has 0 aromatic heterocycles. The number of ether oxygens (including phenoxy) is 1. The van der Waals surface area contributed by atoms with Gasteiger partial charge in [0.05, 0.1) is 0 Å². The van der Waals surface area contributed by atoms with Gasteiger partial charge in [0.2, 0.25) is 0 Å². The second-order valence-electron chi connectivity index (χ2n) is 5.10. The van der Waals surface area contributed by atoms with Crippen molar-refractivity contribution in [1.29, 1.82) is 0 Å². The van der Waals surface area contributed by atoms with Gasteiger partial charge in [0.1, 0.15) is 5.75 Å². The Hall–Kier alpha value is -1.27. The van der Waals surface area contributed by atoms with Crippen LogP contribution in [0.3, 0.4) is 0 Å².